The van der Waals surface area contributed by atoms with Crippen molar-refractivity contribution >= 4 is 50.2 Å². The molecule has 0 spiro atoms. The van der Waals surface area contributed by atoms with Gasteiger partial charge in [-0.15, -0.1) is 0 Å². The summed E-state index contributed by atoms with van der Waals surface area (Å²) < 4.78 is 7.73. The normalized spacial score (nSPS) is 16.5. The molecule has 1 unspecified atom stereocenters. The lowest BCUT2D eigenvalue weighted by Crippen LogP contribution is -2.28. The highest BCUT2D eigenvalue weighted by Gasteiger charge is 2.35. The van der Waals surface area contributed by atoms with E-state index in [4.69, 9.17) is 4.42 Å². The van der Waals surface area contributed by atoms with Crippen molar-refractivity contribution in [3.8, 4) is 0 Å². The number of nitrogens with one attached hydrogen (secondary N) is 1. The molecule has 8 nitrogen and oxygen atoms in total. The van der Waals surface area contributed by atoms with Crippen LogP contribution in [0.4, 0.5) is 11.4 Å². The van der Waals surface area contributed by atoms with E-state index < -0.39 is 11.7 Å². The topological polar surface area (TPSA) is 87.8 Å². The first kappa shape index (κ1) is 21.3. The van der Waals surface area contributed by atoms with E-state index in [1.807, 2.05) is 43.3 Å². The summed E-state index contributed by atoms with van der Waals surface area (Å²) in [6, 6.07) is 12.6. The SMILES string of the molecule is CN(C)CCn1c(=O)oc2ccc(NC(=O)C3CC(=O)N(c4cccc(Br)c4)C3)cc21. The molecule has 162 valence electrons. The van der Waals surface area contributed by atoms with E-state index in [1.165, 1.54) is 0 Å². The molecule has 31 heavy (non-hydrogen) atoms. The third-order valence-corrected chi connectivity index (χ3v) is 5.81. The van der Waals surface area contributed by atoms with Crippen molar-refractivity contribution in [1.82, 2.24) is 9.47 Å². The van der Waals surface area contributed by atoms with Crippen LogP contribution in [-0.2, 0) is 16.1 Å². The number of amides is 2. The van der Waals surface area contributed by atoms with Crippen LogP contribution in [0.2, 0.25) is 0 Å². The average molecular weight is 487 g/mol. The summed E-state index contributed by atoms with van der Waals surface area (Å²) in [6.07, 6.45) is 0.153. The molecule has 1 aliphatic heterocycles. The molecular weight excluding hydrogens is 464 g/mol. The van der Waals surface area contributed by atoms with Crippen LogP contribution in [0.15, 0.2) is 56.1 Å². The number of anilines is 2. The van der Waals surface area contributed by atoms with Crippen LogP contribution in [0, 0.1) is 5.92 Å². The van der Waals surface area contributed by atoms with E-state index in [1.54, 1.807) is 27.7 Å². The Morgan fingerprint density at radius 2 is 2.03 bits per heavy atom. The Morgan fingerprint density at radius 1 is 1.23 bits per heavy atom. The number of hydrogen-bond acceptors (Lipinski definition) is 5. The summed E-state index contributed by atoms with van der Waals surface area (Å²) in [5.41, 5.74) is 2.42. The summed E-state index contributed by atoms with van der Waals surface area (Å²) in [5.74, 6) is -1.19. The number of carbonyl (C=O) groups excluding carboxylic acids is 2. The lowest BCUT2D eigenvalue weighted by atomic mass is 10.1. The third kappa shape index (κ3) is 4.57. The second kappa shape index (κ2) is 8.68. The van der Waals surface area contributed by atoms with Gasteiger partial charge in [0.2, 0.25) is 11.8 Å². The zero-order chi connectivity index (χ0) is 22.1. The summed E-state index contributed by atoms with van der Waals surface area (Å²) in [5, 5.41) is 2.89. The van der Waals surface area contributed by atoms with Crippen molar-refractivity contribution in [2.75, 3.05) is 37.4 Å². The lowest BCUT2D eigenvalue weighted by molar-refractivity contribution is -0.122. The molecule has 4 rings (SSSR count). The highest BCUT2D eigenvalue weighted by atomic mass is 79.9. The molecule has 1 aliphatic rings. The molecule has 0 radical (unpaired) electrons. The van der Waals surface area contributed by atoms with Gasteiger partial charge in [-0.1, -0.05) is 22.0 Å². The average Bonchev–Trinajstić information content (AvgIpc) is 3.25. The molecule has 1 atom stereocenters. The molecule has 2 aromatic carbocycles. The monoisotopic (exact) mass is 486 g/mol. The Kier molecular flexibility index (Phi) is 5.97. The van der Waals surface area contributed by atoms with E-state index in [0.29, 0.717) is 36.4 Å². The van der Waals surface area contributed by atoms with E-state index in [0.717, 1.165) is 10.2 Å². The van der Waals surface area contributed by atoms with Gasteiger partial charge in [0.1, 0.15) is 0 Å². The number of carbonyl (C=O) groups is 2. The summed E-state index contributed by atoms with van der Waals surface area (Å²) in [7, 11) is 3.86. The second-order valence-electron chi connectivity index (χ2n) is 7.88. The molecule has 0 saturated carbocycles. The second-order valence-corrected chi connectivity index (χ2v) is 8.80. The van der Waals surface area contributed by atoms with Crippen LogP contribution < -0.4 is 16.0 Å². The van der Waals surface area contributed by atoms with Crippen molar-refractivity contribution in [2.45, 2.75) is 13.0 Å². The Hall–Kier alpha value is -2.91. The number of nitrogens with zero attached hydrogens (tertiary/aromatic N) is 3. The van der Waals surface area contributed by atoms with Gasteiger partial charge in [0.15, 0.2) is 5.58 Å². The summed E-state index contributed by atoms with van der Waals surface area (Å²) in [4.78, 5) is 41.1. The lowest BCUT2D eigenvalue weighted by Gasteiger charge is -2.17. The molecule has 1 saturated heterocycles. The Balaban J connectivity index is 1.50. The molecule has 1 aromatic heterocycles. The van der Waals surface area contributed by atoms with Crippen LogP contribution in [0.25, 0.3) is 11.1 Å². The summed E-state index contributed by atoms with van der Waals surface area (Å²) in [6.45, 7) is 1.48. The number of fused-ring (bicyclic) bond motifs is 1. The highest BCUT2D eigenvalue weighted by Crippen LogP contribution is 2.28. The number of oxazole rings is 1. The maximum atomic E-state index is 12.8. The number of hydrogen-bond donors (Lipinski definition) is 1. The van der Waals surface area contributed by atoms with Crippen LogP contribution >= 0.6 is 15.9 Å². The first-order valence-corrected chi connectivity index (χ1v) is 10.8. The van der Waals surface area contributed by atoms with Crippen LogP contribution in [0.5, 0.6) is 0 Å². The van der Waals surface area contributed by atoms with E-state index in [-0.39, 0.29) is 18.2 Å². The molecule has 2 amide bonds. The molecule has 0 bridgehead atoms. The Morgan fingerprint density at radius 3 is 2.77 bits per heavy atom. The largest absolute Gasteiger partial charge is 0.419 e. The van der Waals surface area contributed by atoms with Crippen molar-refractivity contribution in [3.05, 3.63) is 57.5 Å². The fraction of sp³-hybridized carbons (Fsp3) is 0.318. The quantitative estimate of drug-likeness (QED) is 0.578. The van der Waals surface area contributed by atoms with Crippen molar-refractivity contribution in [1.29, 1.82) is 0 Å². The van der Waals surface area contributed by atoms with Crippen molar-refractivity contribution in [2.24, 2.45) is 5.92 Å². The Labute approximate surface area is 187 Å². The maximum absolute atomic E-state index is 12.8. The van der Waals surface area contributed by atoms with Crippen LogP contribution in [0.1, 0.15) is 6.42 Å². The minimum atomic E-state index is -0.456. The first-order valence-electron chi connectivity index (χ1n) is 9.97. The fourth-order valence-electron chi connectivity index (χ4n) is 3.67. The highest BCUT2D eigenvalue weighted by molar-refractivity contribution is 9.10. The van der Waals surface area contributed by atoms with Gasteiger partial charge in [0, 0.05) is 41.9 Å². The maximum Gasteiger partial charge on any atom is 0.419 e. The number of aromatic nitrogens is 1. The van der Waals surface area contributed by atoms with Crippen LogP contribution in [-0.4, -0.2) is 48.5 Å². The molecule has 9 heteroatoms. The smallest absolute Gasteiger partial charge is 0.408 e. The third-order valence-electron chi connectivity index (χ3n) is 5.32. The fourth-order valence-corrected chi connectivity index (χ4v) is 4.06. The molecule has 3 aromatic rings. The van der Waals surface area contributed by atoms with E-state index >= 15 is 0 Å². The van der Waals surface area contributed by atoms with Gasteiger partial charge in [-0.2, -0.15) is 0 Å². The number of halogens is 1. The zero-order valence-corrected chi connectivity index (χ0v) is 18.9. The van der Waals surface area contributed by atoms with Gasteiger partial charge in [0.25, 0.3) is 0 Å². The van der Waals surface area contributed by atoms with E-state index in [9.17, 15) is 14.4 Å². The number of rotatable bonds is 6. The minimum Gasteiger partial charge on any atom is -0.408 e. The first-order chi connectivity index (χ1) is 14.8. The standard InChI is InChI=1S/C22H23BrN4O4/c1-25(2)8-9-26-18-12-16(6-7-19(18)31-22(26)30)24-21(29)14-10-20(28)27(13-14)17-5-3-4-15(23)11-17/h3-7,11-12,14H,8-10,13H2,1-2H3,(H,24,29). The van der Waals surface area contributed by atoms with Crippen molar-refractivity contribution < 1.29 is 14.0 Å². The van der Waals surface area contributed by atoms with Crippen LogP contribution in [0.3, 0.4) is 0 Å². The van der Waals surface area contributed by atoms with Gasteiger partial charge in [-0.3, -0.25) is 14.2 Å². The van der Waals surface area contributed by atoms with Gasteiger partial charge in [-0.25, -0.2) is 4.79 Å². The van der Waals surface area contributed by atoms with Gasteiger partial charge in [-0.05, 0) is 50.5 Å². The Bertz CT molecular complexity index is 1200. The minimum absolute atomic E-state index is 0.0824. The molecule has 0 aliphatic carbocycles. The summed E-state index contributed by atoms with van der Waals surface area (Å²) >= 11 is 3.41. The number of likely N-dealkylation sites (N-methyl/N-ethyl adjacent to an activating group) is 1. The van der Waals surface area contributed by atoms with E-state index in [2.05, 4.69) is 21.2 Å². The molecule has 2 heterocycles. The predicted octanol–water partition coefficient (Wildman–Crippen LogP) is 2.91. The molecular formula is C22H23BrN4O4. The molecule has 1 fully saturated rings. The molecule has 1 N–H and O–H groups in total. The van der Waals surface area contributed by atoms with Gasteiger partial charge < -0.3 is 19.5 Å². The zero-order valence-electron chi connectivity index (χ0n) is 17.3. The predicted molar refractivity (Wildman–Crippen MR) is 122 cm³/mol. The van der Waals surface area contributed by atoms with Gasteiger partial charge >= 0.3 is 5.76 Å². The number of benzene rings is 2. The van der Waals surface area contributed by atoms with Gasteiger partial charge in [0.05, 0.1) is 11.4 Å². The van der Waals surface area contributed by atoms with Crippen molar-refractivity contribution in [3.63, 3.8) is 0 Å².